The fourth-order valence-corrected chi connectivity index (χ4v) is 2.91. The van der Waals surface area contributed by atoms with Gasteiger partial charge in [-0.3, -0.25) is 9.59 Å². The molecule has 7 heteroatoms. The maximum Gasteiger partial charge on any atom is 0.307 e. The van der Waals surface area contributed by atoms with Gasteiger partial charge in [-0.2, -0.15) is 4.98 Å². The maximum atomic E-state index is 12.2. The number of hydrogen-bond donors (Lipinski definition) is 2. The quantitative estimate of drug-likeness (QED) is 0.816. The maximum absolute atomic E-state index is 12.2. The Morgan fingerprint density at radius 3 is 2.67 bits per heavy atom. The molecule has 1 fully saturated rings. The standard InChI is InChI=1S/C14H21N3O4/c1-3-9-6-10(11(7-9)14(19)20)13(18)15-5-4-12-16-8(2)21-17-12/h9-11H,3-7H2,1-2H3,(H,15,18)(H,19,20). The van der Waals surface area contributed by atoms with Gasteiger partial charge in [0.15, 0.2) is 5.82 Å². The number of aliphatic carboxylic acids is 1. The molecule has 0 saturated heterocycles. The second-order valence-electron chi connectivity index (χ2n) is 5.57. The lowest BCUT2D eigenvalue weighted by Crippen LogP contribution is -2.36. The van der Waals surface area contributed by atoms with Crippen LogP contribution in [0.1, 0.15) is 37.9 Å². The molecule has 2 N–H and O–H groups in total. The number of aryl methyl sites for hydroxylation is 1. The summed E-state index contributed by atoms with van der Waals surface area (Å²) in [5.41, 5.74) is 0. The first-order valence-electron chi connectivity index (χ1n) is 7.31. The highest BCUT2D eigenvalue weighted by molar-refractivity contribution is 5.85. The lowest BCUT2D eigenvalue weighted by molar-refractivity contribution is -0.146. The summed E-state index contributed by atoms with van der Waals surface area (Å²) < 4.78 is 4.85. The van der Waals surface area contributed by atoms with E-state index >= 15 is 0 Å². The van der Waals surface area contributed by atoms with Crippen LogP contribution < -0.4 is 5.32 Å². The number of rotatable bonds is 6. The van der Waals surface area contributed by atoms with Crippen LogP contribution in [0.25, 0.3) is 0 Å². The zero-order valence-electron chi connectivity index (χ0n) is 12.3. The molecule has 0 radical (unpaired) electrons. The van der Waals surface area contributed by atoms with E-state index in [2.05, 4.69) is 15.5 Å². The van der Waals surface area contributed by atoms with Gasteiger partial charge in [-0.1, -0.05) is 18.5 Å². The minimum Gasteiger partial charge on any atom is -0.481 e. The molecule has 1 heterocycles. The molecule has 0 aromatic carbocycles. The summed E-state index contributed by atoms with van der Waals surface area (Å²) in [7, 11) is 0. The van der Waals surface area contributed by atoms with Crippen molar-refractivity contribution in [3.05, 3.63) is 11.7 Å². The Bertz CT molecular complexity index is 514. The van der Waals surface area contributed by atoms with Gasteiger partial charge in [-0.15, -0.1) is 0 Å². The van der Waals surface area contributed by atoms with Crippen LogP contribution in [0.4, 0.5) is 0 Å². The first kappa shape index (κ1) is 15.5. The minimum atomic E-state index is -0.875. The van der Waals surface area contributed by atoms with Gasteiger partial charge in [0.1, 0.15) is 0 Å². The molecule has 0 spiro atoms. The lowest BCUT2D eigenvalue weighted by atomic mass is 9.95. The highest BCUT2D eigenvalue weighted by atomic mass is 16.5. The minimum absolute atomic E-state index is 0.182. The fourth-order valence-electron chi connectivity index (χ4n) is 2.91. The summed E-state index contributed by atoms with van der Waals surface area (Å²) in [4.78, 5) is 27.5. The van der Waals surface area contributed by atoms with Crippen molar-refractivity contribution in [3.63, 3.8) is 0 Å². The molecular weight excluding hydrogens is 274 g/mol. The van der Waals surface area contributed by atoms with Crippen LogP contribution in [0.5, 0.6) is 0 Å². The van der Waals surface area contributed by atoms with Gasteiger partial charge in [0.05, 0.1) is 11.8 Å². The molecule has 116 valence electrons. The third kappa shape index (κ3) is 3.80. The number of hydrogen-bond acceptors (Lipinski definition) is 5. The molecule has 2 rings (SSSR count). The second kappa shape index (κ2) is 6.69. The van der Waals surface area contributed by atoms with Crippen molar-refractivity contribution in [2.75, 3.05) is 6.54 Å². The Morgan fingerprint density at radius 1 is 1.38 bits per heavy atom. The zero-order chi connectivity index (χ0) is 15.4. The number of aromatic nitrogens is 2. The molecule has 7 nitrogen and oxygen atoms in total. The van der Waals surface area contributed by atoms with Crippen LogP contribution in [0.3, 0.4) is 0 Å². The van der Waals surface area contributed by atoms with Crippen molar-refractivity contribution < 1.29 is 19.2 Å². The molecular formula is C14H21N3O4. The zero-order valence-corrected chi connectivity index (χ0v) is 12.3. The SMILES string of the molecule is CCC1CC(C(=O)O)C(C(=O)NCCc2noc(C)n2)C1. The van der Waals surface area contributed by atoms with Crippen LogP contribution in [0.15, 0.2) is 4.52 Å². The van der Waals surface area contributed by atoms with E-state index in [-0.39, 0.29) is 5.91 Å². The van der Waals surface area contributed by atoms with Gasteiger partial charge >= 0.3 is 5.97 Å². The van der Waals surface area contributed by atoms with Crippen LogP contribution in [-0.2, 0) is 16.0 Å². The van der Waals surface area contributed by atoms with E-state index in [9.17, 15) is 14.7 Å². The smallest absolute Gasteiger partial charge is 0.307 e. The summed E-state index contributed by atoms with van der Waals surface area (Å²) in [5, 5.41) is 15.8. The van der Waals surface area contributed by atoms with Crippen LogP contribution in [0, 0.1) is 24.7 Å². The second-order valence-corrected chi connectivity index (χ2v) is 5.57. The Balaban J connectivity index is 1.85. The van der Waals surface area contributed by atoms with Crippen LogP contribution in [-0.4, -0.2) is 33.7 Å². The van der Waals surface area contributed by atoms with Gasteiger partial charge in [-0.05, 0) is 18.8 Å². The van der Waals surface area contributed by atoms with Crippen LogP contribution in [0.2, 0.25) is 0 Å². The van der Waals surface area contributed by atoms with Crippen molar-refractivity contribution >= 4 is 11.9 Å². The van der Waals surface area contributed by atoms with Crippen molar-refractivity contribution in [1.29, 1.82) is 0 Å². The van der Waals surface area contributed by atoms with Gasteiger partial charge in [0.2, 0.25) is 11.8 Å². The molecule has 1 saturated carbocycles. The van der Waals surface area contributed by atoms with E-state index in [0.717, 1.165) is 6.42 Å². The first-order chi connectivity index (χ1) is 10.0. The molecule has 21 heavy (non-hydrogen) atoms. The molecule has 0 bridgehead atoms. The normalized spacial score (nSPS) is 25.0. The highest BCUT2D eigenvalue weighted by Gasteiger charge is 2.41. The van der Waals surface area contributed by atoms with E-state index in [1.165, 1.54) is 0 Å². The summed E-state index contributed by atoms with van der Waals surface area (Å²) >= 11 is 0. The van der Waals surface area contributed by atoms with E-state index in [4.69, 9.17) is 4.52 Å². The van der Waals surface area contributed by atoms with Gasteiger partial charge in [-0.25, -0.2) is 0 Å². The monoisotopic (exact) mass is 295 g/mol. The Hall–Kier alpha value is -1.92. The Kier molecular flexibility index (Phi) is 4.93. The fraction of sp³-hybridized carbons (Fsp3) is 0.714. The first-order valence-corrected chi connectivity index (χ1v) is 7.31. The predicted molar refractivity (Wildman–Crippen MR) is 73.4 cm³/mol. The molecule has 1 aromatic heterocycles. The Morgan fingerprint density at radius 2 is 2.10 bits per heavy atom. The number of carboxylic acid groups (broad SMARTS) is 1. The summed E-state index contributed by atoms with van der Waals surface area (Å²) in [6.45, 7) is 4.12. The summed E-state index contributed by atoms with van der Waals surface area (Å²) in [5.74, 6) is -0.703. The summed E-state index contributed by atoms with van der Waals surface area (Å²) in [6.07, 6.45) is 2.63. The molecule has 3 unspecified atom stereocenters. The Labute approximate surface area is 123 Å². The predicted octanol–water partition coefficient (Wildman–Crippen LogP) is 1.17. The number of nitrogens with zero attached hydrogens (tertiary/aromatic N) is 2. The van der Waals surface area contributed by atoms with E-state index in [0.29, 0.717) is 43.4 Å². The molecule has 1 aliphatic carbocycles. The number of carbonyl (C=O) groups is 2. The molecule has 1 amide bonds. The van der Waals surface area contributed by atoms with Gasteiger partial charge < -0.3 is 14.9 Å². The van der Waals surface area contributed by atoms with Crippen molar-refractivity contribution in [3.8, 4) is 0 Å². The van der Waals surface area contributed by atoms with Gasteiger partial charge in [0, 0.05) is 19.9 Å². The highest BCUT2D eigenvalue weighted by Crippen LogP contribution is 2.38. The molecule has 1 aromatic rings. The van der Waals surface area contributed by atoms with Crippen molar-refractivity contribution in [2.24, 2.45) is 17.8 Å². The number of carboxylic acids is 1. The lowest BCUT2D eigenvalue weighted by Gasteiger charge is -2.15. The van der Waals surface area contributed by atoms with E-state index < -0.39 is 17.8 Å². The third-order valence-electron chi connectivity index (χ3n) is 4.11. The van der Waals surface area contributed by atoms with E-state index in [1.807, 2.05) is 6.92 Å². The number of carbonyl (C=O) groups excluding carboxylic acids is 1. The van der Waals surface area contributed by atoms with Gasteiger partial charge in [0.25, 0.3) is 0 Å². The topological polar surface area (TPSA) is 105 Å². The average Bonchev–Trinajstić information content (AvgIpc) is 3.04. The van der Waals surface area contributed by atoms with Crippen molar-refractivity contribution in [2.45, 2.75) is 39.5 Å². The number of amides is 1. The largest absolute Gasteiger partial charge is 0.481 e. The van der Waals surface area contributed by atoms with E-state index in [1.54, 1.807) is 6.92 Å². The molecule has 3 atom stereocenters. The van der Waals surface area contributed by atoms with Crippen molar-refractivity contribution in [1.82, 2.24) is 15.5 Å². The number of nitrogens with one attached hydrogen (secondary N) is 1. The molecule has 0 aliphatic heterocycles. The third-order valence-corrected chi connectivity index (χ3v) is 4.11. The average molecular weight is 295 g/mol. The summed E-state index contributed by atoms with van der Waals surface area (Å²) in [6, 6.07) is 0. The van der Waals surface area contributed by atoms with Crippen LogP contribution >= 0.6 is 0 Å². The molecule has 1 aliphatic rings.